The summed E-state index contributed by atoms with van der Waals surface area (Å²) in [5.74, 6) is 2.36. The number of hydrogen-bond acceptors (Lipinski definition) is 7. The fourth-order valence-corrected chi connectivity index (χ4v) is 4.26. The van der Waals surface area contributed by atoms with E-state index in [0.717, 1.165) is 48.8 Å². The Labute approximate surface area is 202 Å². The van der Waals surface area contributed by atoms with Crippen molar-refractivity contribution in [2.75, 3.05) is 46.2 Å². The molecule has 1 N–H and O–H groups in total. The maximum atomic E-state index is 10.6. The third kappa shape index (κ3) is 6.23. The Hall–Kier alpha value is -3.19. The average molecular weight is 465 g/mol. The van der Waals surface area contributed by atoms with Crippen molar-refractivity contribution < 1.29 is 14.3 Å². The predicted molar refractivity (Wildman–Crippen MR) is 137 cm³/mol. The number of nitrogens with zero attached hydrogens (tertiary/aromatic N) is 3. The lowest BCUT2D eigenvalue weighted by atomic mass is 9.91. The van der Waals surface area contributed by atoms with Gasteiger partial charge in [0.25, 0.3) is 0 Å². The van der Waals surface area contributed by atoms with Gasteiger partial charge in [-0.15, -0.1) is 0 Å². The molecule has 1 aliphatic rings. The molecule has 1 aromatic heterocycles. The van der Waals surface area contributed by atoms with Crippen molar-refractivity contribution in [1.82, 2.24) is 14.9 Å². The van der Waals surface area contributed by atoms with E-state index in [4.69, 9.17) is 9.47 Å². The lowest BCUT2D eigenvalue weighted by Crippen LogP contribution is -2.34. The van der Waals surface area contributed by atoms with Gasteiger partial charge in [0.05, 0.1) is 32.0 Å². The van der Waals surface area contributed by atoms with Crippen molar-refractivity contribution >= 4 is 22.9 Å². The number of carbonyl (C=O) groups is 1. The van der Waals surface area contributed by atoms with Crippen LogP contribution >= 0.6 is 0 Å². The Kier molecular flexibility index (Phi) is 9.22. The zero-order valence-corrected chi connectivity index (χ0v) is 20.9. The van der Waals surface area contributed by atoms with Crippen molar-refractivity contribution in [3.8, 4) is 11.5 Å². The fourth-order valence-electron chi connectivity index (χ4n) is 4.26. The molecule has 1 fully saturated rings. The molecule has 0 saturated carbocycles. The van der Waals surface area contributed by atoms with E-state index in [1.54, 1.807) is 20.5 Å². The first-order valence-corrected chi connectivity index (χ1v) is 11.8. The topological polar surface area (TPSA) is 76.6 Å². The number of nitrogens with one attached hydrogen (secondary N) is 1. The average Bonchev–Trinajstić information content (AvgIpc) is 2.88. The fraction of sp³-hybridized carbons (Fsp3) is 0.444. The van der Waals surface area contributed by atoms with Crippen LogP contribution in [0.4, 0.5) is 5.69 Å². The van der Waals surface area contributed by atoms with E-state index in [2.05, 4.69) is 58.3 Å². The Morgan fingerprint density at radius 3 is 2.26 bits per heavy atom. The third-order valence-electron chi connectivity index (χ3n) is 6.34. The zero-order valence-electron chi connectivity index (χ0n) is 20.9. The Balaban J connectivity index is 0.000000248. The normalized spacial score (nSPS) is 14.4. The van der Waals surface area contributed by atoms with Crippen LogP contribution < -0.4 is 14.8 Å². The van der Waals surface area contributed by atoms with Crippen LogP contribution in [0.1, 0.15) is 49.8 Å². The SMILES string of the molecule is CNc1ccc(C(C)C)cc1.COc1cc2ncnc(C3CCN(CC=O)CC3)c2cc1OC. The number of likely N-dealkylation sites (tertiary alicyclic amines) is 1. The van der Waals surface area contributed by atoms with Crippen molar-refractivity contribution in [3.63, 3.8) is 0 Å². The third-order valence-corrected chi connectivity index (χ3v) is 6.34. The molecule has 0 spiro atoms. The van der Waals surface area contributed by atoms with Gasteiger partial charge in [0, 0.05) is 30.1 Å². The van der Waals surface area contributed by atoms with E-state index < -0.39 is 0 Å². The highest BCUT2D eigenvalue weighted by Crippen LogP contribution is 2.36. The van der Waals surface area contributed by atoms with E-state index in [-0.39, 0.29) is 0 Å². The molecule has 34 heavy (non-hydrogen) atoms. The van der Waals surface area contributed by atoms with Crippen LogP contribution in [-0.2, 0) is 4.79 Å². The highest BCUT2D eigenvalue weighted by atomic mass is 16.5. The van der Waals surface area contributed by atoms with Crippen molar-refractivity contribution in [2.24, 2.45) is 0 Å². The number of aldehydes is 1. The maximum Gasteiger partial charge on any atom is 0.162 e. The highest BCUT2D eigenvalue weighted by molar-refractivity contribution is 5.85. The molecular formula is C27H36N4O3. The molecule has 1 aliphatic heterocycles. The number of benzene rings is 2. The molecule has 0 radical (unpaired) electrons. The summed E-state index contributed by atoms with van der Waals surface area (Å²) in [6.45, 7) is 6.76. The zero-order chi connectivity index (χ0) is 24.5. The summed E-state index contributed by atoms with van der Waals surface area (Å²) in [4.78, 5) is 21.7. The number of ether oxygens (including phenoxy) is 2. The minimum atomic E-state index is 0.376. The van der Waals surface area contributed by atoms with E-state index in [0.29, 0.717) is 29.9 Å². The summed E-state index contributed by atoms with van der Waals surface area (Å²) < 4.78 is 10.8. The van der Waals surface area contributed by atoms with Gasteiger partial charge in [-0.05, 0) is 55.6 Å². The second-order valence-electron chi connectivity index (χ2n) is 8.75. The first-order valence-electron chi connectivity index (χ1n) is 11.8. The van der Waals surface area contributed by atoms with Crippen LogP contribution in [0.25, 0.3) is 10.9 Å². The van der Waals surface area contributed by atoms with Crippen LogP contribution in [0, 0.1) is 0 Å². The number of methoxy groups -OCH3 is 2. The molecule has 182 valence electrons. The molecule has 2 heterocycles. The summed E-state index contributed by atoms with van der Waals surface area (Å²) >= 11 is 0. The monoisotopic (exact) mass is 464 g/mol. The standard InChI is InChI=1S/C17H21N3O3.C10H15N/c1-22-15-9-13-14(10-16(15)23-2)18-11-19-17(13)12-3-5-20(6-4-12)7-8-21;1-8(2)9-4-6-10(11-3)7-5-9/h8-12H,3-7H2,1-2H3;4-8,11H,1-3H3. The number of piperidine rings is 1. The molecule has 2 aromatic carbocycles. The number of rotatable bonds is 7. The van der Waals surface area contributed by atoms with Gasteiger partial charge in [0.2, 0.25) is 0 Å². The van der Waals surface area contributed by atoms with Crippen LogP contribution in [-0.4, -0.2) is 62.1 Å². The summed E-state index contributed by atoms with van der Waals surface area (Å²) in [5, 5.41) is 4.11. The minimum Gasteiger partial charge on any atom is -0.493 e. The molecule has 0 unspecified atom stereocenters. The van der Waals surface area contributed by atoms with E-state index in [1.807, 2.05) is 19.2 Å². The second kappa shape index (κ2) is 12.3. The van der Waals surface area contributed by atoms with Gasteiger partial charge in [-0.25, -0.2) is 9.97 Å². The Morgan fingerprint density at radius 1 is 1.06 bits per heavy atom. The molecule has 7 nitrogen and oxygen atoms in total. The molecule has 4 rings (SSSR count). The smallest absolute Gasteiger partial charge is 0.162 e. The van der Waals surface area contributed by atoms with Crippen molar-refractivity contribution in [3.05, 3.63) is 54.0 Å². The quantitative estimate of drug-likeness (QED) is 0.500. The summed E-state index contributed by atoms with van der Waals surface area (Å²) in [6, 6.07) is 12.4. The first kappa shape index (κ1) is 25.4. The molecule has 0 aliphatic carbocycles. The first-order chi connectivity index (χ1) is 16.5. The van der Waals surface area contributed by atoms with Crippen LogP contribution in [0.15, 0.2) is 42.7 Å². The Morgan fingerprint density at radius 2 is 1.71 bits per heavy atom. The van der Waals surface area contributed by atoms with Gasteiger partial charge in [-0.3, -0.25) is 4.90 Å². The molecule has 0 atom stereocenters. The van der Waals surface area contributed by atoms with Gasteiger partial charge in [-0.2, -0.15) is 0 Å². The lowest BCUT2D eigenvalue weighted by molar-refractivity contribution is -0.109. The molecule has 0 bridgehead atoms. The highest BCUT2D eigenvalue weighted by Gasteiger charge is 2.23. The lowest BCUT2D eigenvalue weighted by Gasteiger charge is -2.30. The second-order valence-corrected chi connectivity index (χ2v) is 8.75. The molecule has 0 amide bonds. The van der Waals surface area contributed by atoms with Crippen molar-refractivity contribution in [1.29, 1.82) is 0 Å². The van der Waals surface area contributed by atoms with Crippen molar-refractivity contribution in [2.45, 2.75) is 38.5 Å². The van der Waals surface area contributed by atoms with Gasteiger partial charge in [-0.1, -0.05) is 26.0 Å². The maximum absolute atomic E-state index is 10.6. The van der Waals surface area contributed by atoms with Crippen LogP contribution in [0.5, 0.6) is 11.5 Å². The van der Waals surface area contributed by atoms with E-state index in [1.165, 1.54) is 11.3 Å². The molecule has 1 saturated heterocycles. The predicted octanol–water partition coefficient (Wildman–Crippen LogP) is 4.88. The van der Waals surface area contributed by atoms with Crippen LogP contribution in [0.2, 0.25) is 0 Å². The van der Waals surface area contributed by atoms with E-state index >= 15 is 0 Å². The number of hydrogen-bond donors (Lipinski definition) is 1. The molecule has 7 heteroatoms. The number of anilines is 1. The minimum absolute atomic E-state index is 0.376. The summed E-state index contributed by atoms with van der Waals surface area (Å²) in [6.07, 6.45) is 4.57. The number of fused-ring (bicyclic) bond motifs is 1. The van der Waals surface area contributed by atoms with Gasteiger partial charge < -0.3 is 19.6 Å². The van der Waals surface area contributed by atoms with Crippen LogP contribution in [0.3, 0.4) is 0 Å². The number of carbonyl (C=O) groups excluding carboxylic acids is 1. The van der Waals surface area contributed by atoms with Gasteiger partial charge in [0.1, 0.15) is 12.6 Å². The largest absolute Gasteiger partial charge is 0.493 e. The summed E-state index contributed by atoms with van der Waals surface area (Å²) in [5.41, 5.74) is 4.49. The Bertz CT molecular complexity index is 1060. The van der Waals surface area contributed by atoms with Gasteiger partial charge >= 0.3 is 0 Å². The van der Waals surface area contributed by atoms with Gasteiger partial charge in [0.15, 0.2) is 11.5 Å². The summed E-state index contributed by atoms with van der Waals surface area (Å²) in [7, 11) is 5.18. The number of aromatic nitrogens is 2. The molecular weight excluding hydrogens is 428 g/mol. The molecule has 3 aromatic rings. The van der Waals surface area contributed by atoms with E-state index in [9.17, 15) is 4.79 Å².